The summed E-state index contributed by atoms with van der Waals surface area (Å²) in [6.45, 7) is 0. The molecule has 7 nitrogen and oxygen atoms in total. The number of anilines is 1. The maximum atomic E-state index is 12.0. The largest absolute Gasteiger partial charge is 0.368 e. The van der Waals surface area contributed by atoms with Crippen molar-refractivity contribution >= 4 is 11.6 Å². The Morgan fingerprint density at radius 3 is 2.38 bits per heavy atom. The summed E-state index contributed by atoms with van der Waals surface area (Å²) in [5.41, 5.74) is 2.07. The number of benzene rings is 2. The number of nitrogens with zero attached hydrogens (tertiary/aromatic N) is 4. The van der Waals surface area contributed by atoms with E-state index in [1.54, 1.807) is 24.3 Å². The molecule has 122 valence electrons. The Labute approximate surface area is 138 Å². The lowest BCUT2D eigenvalue weighted by molar-refractivity contribution is -0.116. The van der Waals surface area contributed by atoms with Gasteiger partial charge < -0.3 is 5.32 Å². The Morgan fingerprint density at radius 2 is 1.75 bits per heavy atom. The standard InChI is InChI=1S/C17H17N5O2/c1-21-17(24)22(20-19-21)15-10-8-14(9-11-15)18-16(23)12-7-13-5-3-2-4-6-13/h2-6,8-11H,7,12H2,1H3,(H,18,23). The molecule has 0 saturated heterocycles. The molecule has 0 aliphatic rings. The second-order valence-corrected chi connectivity index (χ2v) is 5.38. The van der Waals surface area contributed by atoms with Crippen molar-refractivity contribution in [1.29, 1.82) is 0 Å². The Bertz CT molecular complexity index is 881. The van der Waals surface area contributed by atoms with Crippen LogP contribution in [0.2, 0.25) is 0 Å². The number of nitrogens with one attached hydrogen (secondary N) is 1. The predicted molar refractivity (Wildman–Crippen MR) is 90.0 cm³/mol. The van der Waals surface area contributed by atoms with Gasteiger partial charge in [0.05, 0.1) is 5.69 Å². The molecule has 0 spiro atoms. The molecule has 0 aliphatic heterocycles. The van der Waals surface area contributed by atoms with Gasteiger partial charge in [-0.1, -0.05) is 30.3 Å². The molecule has 24 heavy (non-hydrogen) atoms. The molecule has 1 aromatic heterocycles. The summed E-state index contributed by atoms with van der Waals surface area (Å²) in [7, 11) is 1.53. The number of rotatable bonds is 5. The van der Waals surface area contributed by atoms with Gasteiger partial charge in [-0.15, -0.1) is 0 Å². The van der Waals surface area contributed by atoms with Crippen molar-refractivity contribution in [2.24, 2.45) is 7.05 Å². The summed E-state index contributed by atoms with van der Waals surface area (Å²) in [5, 5.41) is 10.3. The highest BCUT2D eigenvalue weighted by molar-refractivity contribution is 5.90. The summed E-state index contributed by atoms with van der Waals surface area (Å²) in [4.78, 5) is 23.8. The molecule has 3 aromatic rings. The molecule has 1 heterocycles. The molecular weight excluding hydrogens is 306 g/mol. The number of aryl methyl sites for hydroxylation is 2. The van der Waals surface area contributed by atoms with Crippen LogP contribution in [0.4, 0.5) is 5.69 Å². The number of amides is 1. The molecule has 1 N–H and O–H groups in total. The van der Waals surface area contributed by atoms with Crippen molar-refractivity contribution in [3.8, 4) is 5.69 Å². The minimum absolute atomic E-state index is 0.0525. The highest BCUT2D eigenvalue weighted by Crippen LogP contribution is 2.12. The number of hydrogen-bond donors (Lipinski definition) is 1. The summed E-state index contributed by atoms with van der Waals surface area (Å²) in [6.07, 6.45) is 1.11. The molecular formula is C17H17N5O2. The van der Waals surface area contributed by atoms with E-state index in [9.17, 15) is 9.59 Å². The van der Waals surface area contributed by atoms with E-state index in [4.69, 9.17) is 0 Å². The second kappa shape index (κ2) is 6.91. The third-order valence-electron chi connectivity index (χ3n) is 3.60. The van der Waals surface area contributed by atoms with Crippen molar-refractivity contribution < 1.29 is 4.79 Å². The zero-order chi connectivity index (χ0) is 16.9. The first-order valence-corrected chi connectivity index (χ1v) is 7.57. The van der Waals surface area contributed by atoms with Gasteiger partial charge in [0, 0.05) is 19.2 Å². The van der Waals surface area contributed by atoms with E-state index in [2.05, 4.69) is 15.7 Å². The van der Waals surface area contributed by atoms with Gasteiger partial charge in [0.15, 0.2) is 0 Å². The lowest BCUT2D eigenvalue weighted by Gasteiger charge is -2.06. The Balaban J connectivity index is 1.61. The summed E-state index contributed by atoms with van der Waals surface area (Å²) < 4.78 is 2.35. The van der Waals surface area contributed by atoms with Gasteiger partial charge in [-0.2, -0.15) is 9.36 Å². The fourth-order valence-corrected chi connectivity index (χ4v) is 2.29. The maximum Gasteiger partial charge on any atom is 0.368 e. The van der Waals surface area contributed by atoms with Crippen molar-refractivity contribution in [3.05, 3.63) is 70.6 Å². The highest BCUT2D eigenvalue weighted by atomic mass is 16.2. The molecule has 0 atom stereocenters. The maximum absolute atomic E-state index is 12.0. The first-order valence-electron chi connectivity index (χ1n) is 7.57. The number of hydrogen-bond acceptors (Lipinski definition) is 4. The van der Waals surface area contributed by atoms with Crippen LogP contribution in [0.25, 0.3) is 5.69 Å². The molecule has 2 aromatic carbocycles. The monoisotopic (exact) mass is 323 g/mol. The molecule has 1 amide bonds. The number of aromatic nitrogens is 4. The van der Waals surface area contributed by atoms with Crippen LogP contribution in [0.3, 0.4) is 0 Å². The van der Waals surface area contributed by atoms with E-state index in [0.717, 1.165) is 10.2 Å². The van der Waals surface area contributed by atoms with Crippen molar-refractivity contribution in [1.82, 2.24) is 19.8 Å². The van der Waals surface area contributed by atoms with E-state index >= 15 is 0 Å². The minimum atomic E-state index is -0.324. The molecule has 3 rings (SSSR count). The second-order valence-electron chi connectivity index (χ2n) is 5.38. The Hall–Kier alpha value is -3.22. The van der Waals surface area contributed by atoms with Crippen LogP contribution < -0.4 is 11.0 Å². The topological polar surface area (TPSA) is 81.8 Å². The fourth-order valence-electron chi connectivity index (χ4n) is 2.29. The van der Waals surface area contributed by atoms with Gasteiger partial charge in [0.2, 0.25) is 5.91 Å². The van der Waals surface area contributed by atoms with Crippen LogP contribution in [-0.4, -0.2) is 25.7 Å². The van der Waals surface area contributed by atoms with Crippen LogP contribution in [0, 0.1) is 0 Å². The van der Waals surface area contributed by atoms with E-state index in [1.165, 1.54) is 11.7 Å². The quantitative estimate of drug-likeness (QED) is 0.772. The summed E-state index contributed by atoms with van der Waals surface area (Å²) in [5.74, 6) is -0.0525. The molecule has 0 aliphatic carbocycles. The average Bonchev–Trinajstić information content (AvgIpc) is 2.94. The van der Waals surface area contributed by atoms with Crippen LogP contribution in [-0.2, 0) is 18.3 Å². The third-order valence-corrected chi connectivity index (χ3v) is 3.60. The minimum Gasteiger partial charge on any atom is -0.326 e. The van der Waals surface area contributed by atoms with Crippen LogP contribution in [0.15, 0.2) is 59.4 Å². The van der Waals surface area contributed by atoms with E-state index in [0.29, 0.717) is 24.2 Å². The average molecular weight is 323 g/mol. The number of carbonyl (C=O) groups is 1. The molecule has 7 heteroatoms. The van der Waals surface area contributed by atoms with E-state index in [-0.39, 0.29) is 11.6 Å². The smallest absolute Gasteiger partial charge is 0.326 e. The lowest BCUT2D eigenvalue weighted by atomic mass is 10.1. The molecule has 0 radical (unpaired) electrons. The zero-order valence-electron chi connectivity index (χ0n) is 13.2. The highest BCUT2D eigenvalue weighted by Gasteiger charge is 2.07. The zero-order valence-corrected chi connectivity index (χ0v) is 13.2. The predicted octanol–water partition coefficient (Wildman–Crippen LogP) is 1.54. The third kappa shape index (κ3) is 3.57. The van der Waals surface area contributed by atoms with Crippen molar-refractivity contribution in [2.75, 3.05) is 5.32 Å². The van der Waals surface area contributed by atoms with Crippen LogP contribution in [0.5, 0.6) is 0 Å². The van der Waals surface area contributed by atoms with Crippen LogP contribution >= 0.6 is 0 Å². The van der Waals surface area contributed by atoms with Crippen molar-refractivity contribution in [2.45, 2.75) is 12.8 Å². The Morgan fingerprint density at radius 1 is 1.04 bits per heavy atom. The van der Waals surface area contributed by atoms with Gasteiger partial charge >= 0.3 is 5.69 Å². The number of tetrazole rings is 1. The summed E-state index contributed by atoms with van der Waals surface area (Å²) in [6, 6.07) is 16.8. The molecule has 0 unspecified atom stereocenters. The number of carbonyl (C=O) groups excluding carboxylic acids is 1. The van der Waals surface area contributed by atoms with Gasteiger partial charge in [-0.25, -0.2) is 4.79 Å². The van der Waals surface area contributed by atoms with Gasteiger partial charge in [0.1, 0.15) is 0 Å². The van der Waals surface area contributed by atoms with E-state index in [1.807, 2.05) is 30.3 Å². The fraction of sp³-hybridized carbons (Fsp3) is 0.176. The molecule has 0 saturated carbocycles. The van der Waals surface area contributed by atoms with E-state index < -0.39 is 0 Å². The normalized spacial score (nSPS) is 10.5. The van der Waals surface area contributed by atoms with Gasteiger partial charge in [-0.05, 0) is 46.7 Å². The Kier molecular flexibility index (Phi) is 4.51. The lowest BCUT2D eigenvalue weighted by Crippen LogP contribution is -2.21. The van der Waals surface area contributed by atoms with Crippen molar-refractivity contribution in [3.63, 3.8) is 0 Å². The first-order chi connectivity index (χ1) is 11.6. The molecule has 0 fully saturated rings. The first kappa shape index (κ1) is 15.7. The SMILES string of the molecule is Cn1nnn(-c2ccc(NC(=O)CCc3ccccc3)cc2)c1=O. The summed E-state index contributed by atoms with van der Waals surface area (Å²) >= 11 is 0. The van der Waals surface area contributed by atoms with Gasteiger partial charge in [-0.3, -0.25) is 4.79 Å². The van der Waals surface area contributed by atoms with Gasteiger partial charge in [0.25, 0.3) is 0 Å². The molecule has 0 bridgehead atoms. The van der Waals surface area contributed by atoms with Crippen LogP contribution in [0.1, 0.15) is 12.0 Å².